The average Bonchev–Trinajstić information content (AvgIpc) is 3.08. The predicted octanol–water partition coefficient (Wildman–Crippen LogP) is 1.36. The molecule has 7 nitrogen and oxygen atoms in total. The van der Waals surface area contributed by atoms with Crippen molar-refractivity contribution in [2.45, 2.75) is 26.4 Å². The number of rotatable bonds is 3. The second-order valence-corrected chi connectivity index (χ2v) is 5.42. The Labute approximate surface area is 128 Å². The molecule has 116 valence electrons. The highest BCUT2D eigenvalue weighted by molar-refractivity contribution is 5.74. The van der Waals surface area contributed by atoms with Crippen LogP contribution in [0.2, 0.25) is 0 Å². The topological polar surface area (TPSA) is 81.1 Å². The summed E-state index contributed by atoms with van der Waals surface area (Å²) < 4.78 is 7.35. The van der Waals surface area contributed by atoms with Crippen molar-refractivity contribution in [3.05, 3.63) is 41.0 Å². The van der Waals surface area contributed by atoms with Crippen LogP contribution in [0.1, 0.15) is 28.6 Å². The van der Waals surface area contributed by atoms with E-state index in [4.69, 9.17) is 4.74 Å². The maximum absolute atomic E-state index is 12.0. The number of hydrogen-bond donors (Lipinski definition) is 2. The van der Waals surface area contributed by atoms with Gasteiger partial charge in [0.1, 0.15) is 24.5 Å². The van der Waals surface area contributed by atoms with Crippen molar-refractivity contribution in [2.75, 3.05) is 6.61 Å². The van der Waals surface area contributed by atoms with E-state index in [0.29, 0.717) is 19.0 Å². The number of nitrogens with one attached hydrogen (secondary N) is 2. The lowest BCUT2D eigenvalue weighted by molar-refractivity contribution is 0.231. The van der Waals surface area contributed by atoms with Crippen molar-refractivity contribution in [2.24, 2.45) is 7.05 Å². The molecular formula is C15H19N5O2. The first kappa shape index (κ1) is 14.4. The highest BCUT2D eigenvalue weighted by Crippen LogP contribution is 2.36. The minimum Gasteiger partial charge on any atom is -0.490 e. The lowest BCUT2D eigenvalue weighted by Gasteiger charge is -2.13. The van der Waals surface area contributed by atoms with Gasteiger partial charge in [0.2, 0.25) is 0 Å². The van der Waals surface area contributed by atoms with Gasteiger partial charge in [-0.1, -0.05) is 12.1 Å². The number of fused-ring (bicyclic) bond motifs is 1. The van der Waals surface area contributed by atoms with Gasteiger partial charge in [-0.3, -0.25) is 4.68 Å². The monoisotopic (exact) mass is 301 g/mol. The summed E-state index contributed by atoms with van der Waals surface area (Å²) in [6.07, 6.45) is 1.46. The molecule has 1 aliphatic rings. The van der Waals surface area contributed by atoms with Crippen LogP contribution in [0.25, 0.3) is 0 Å². The highest BCUT2D eigenvalue weighted by atomic mass is 16.5. The Kier molecular flexibility index (Phi) is 3.70. The molecule has 2 amide bonds. The summed E-state index contributed by atoms with van der Waals surface area (Å²) in [6.45, 7) is 4.87. The van der Waals surface area contributed by atoms with Crippen molar-refractivity contribution in [1.82, 2.24) is 25.4 Å². The van der Waals surface area contributed by atoms with Crippen LogP contribution >= 0.6 is 0 Å². The van der Waals surface area contributed by atoms with E-state index in [1.54, 1.807) is 11.7 Å². The third kappa shape index (κ3) is 2.61. The molecule has 7 heteroatoms. The normalized spacial score (nSPS) is 16.0. The number of aromatic nitrogens is 3. The van der Waals surface area contributed by atoms with Gasteiger partial charge < -0.3 is 15.4 Å². The summed E-state index contributed by atoms with van der Waals surface area (Å²) in [5.74, 6) is 1.59. The van der Waals surface area contributed by atoms with Crippen LogP contribution < -0.4 is 15.4 Å². The maximum atomic E-state index is 12.0. The molecule has 0 spiro atoms. The van der Waals surface area contributed by atoms with E-state index in [2.05, 4.69) is 26.8 Å². The van der Waals surface area contributed by atoms with Crippen molar-refractivity contribution < 1.29 is 9.53 Å². The van der Waals surface area contributed by atoms with Crippen molar-refractivity contribution >= 4 is 6.03 Å². The molecule has 0 fully saturated rings. The second-order valence-electron chi connectivity index (χ2n) is 5.42. The van der Waals surface area contributed by atoms with E-state index < -0.39 is 0 Å². The first-order valence-corrected chi connectivity index (χ1v) is 7.16. The number of aryl methyl sites for hydroxylation is 2. The molecular weight excluding hydrogens is 282 g/mol. The van der Waals surface area contributed by atoms with E-state index in [9.17, 15) is 4.79 Å². The summed E-state index contributed by atoms with van der Waals surface area (Å²) in [4.78, 5) is 16.1. The van der Waals surface area contributed by atoms with Gasteiger partial charge in [-0.15, -0.1) is 0 Å². The quantitative estimate of drug-likeness (QED) is 0.897. The van der Waals surface area contributed by atoms with Gasteiger partial charge >= 0.3 is 6.03 Å². The van der Waals surface area contributed by atoms with Crippen LogP contribution in [-0.2, 0) is 13.6 Å². The van der Waals surface area contributed by atoms with Gasteiger partial charge in [0.25, 0.3) is 0 Å². The van der Waals surface area contributed by atoms with Crippen molar-refractivity contribution in [3.63, 3.8) is 0 Å². The van der Waals surface area contributed by atoms with Gasteiger partial charge in [0, 0.05) is 12.6 Å². The van der Waals surface area contributed by atoms with Gasteiger partial charge in [0.05, 0.1) is 12.6 Å². The van der Waals surface area contributed by atoms with Gasteiger partial charge in [-0.05, 0) is 25.0 Å². The Morgan fingerprint density at radius 1 is 1.45 bits per heavy atom. The Balaban J connectivity index is 1.62. The molecule has 22 heavy (non-hydrogen) atoms. The number of carbonyl (C=O) groups excluding carboxylic acids is 1. The number of benzene rings is 1. The number of urea groups is 1. The molecule has 0 saturated carbocycles. The lowest BCUT2D eigenvalue weighted by atomic mass is 10.0. The predicted molar refractivity (Wildman–Crippen MR) is 80.5 cm³/mol. The Bertz CT molecular complexity index is 710. The summed E-state index contributed by atoms with van der Waals surface area (Å²) >= 11 is 0. The number of ether oxygens (including phenoxy) is 1. The first-order chi connectivity index (χ1) is 10.6. The molecule has 0 aliphatic carbocycles. The van der Waals surface area contributed by atoms with E-state index in [1.807, 2.05) is 19.9 Å². The molecule has 0 bridgehead atoms. The molecule has 2 heterocycles. The van der Waals surface area contributed by atoms with E-state index in [-0.39, 0.29) is 12.1 Å². The molecule has 1 unspecified atom stereocenters. The fourth-order valence-electron chi connectivity index (χ4n) is 2.50. The maximum Gasteiger partial charge on any atom is 0.315 e. The molecule has 0 radical (unpaired) electrons. The minimum atomic E-state index is -0.248. The van der Waals surface area contributed by atoms with Crippen LogP contribution in [0, 0.1) is 13.8 Å². The second kappa shape index (κ2) is 5.67. The summed E-state index contributed by atoms with van der Waals surface area (Å²) in [7, 11) is 1.79. The number of carbonyl (C=O) groups is 1. The SMILES string of the molecule is Cc1ccc2c(c1C)OCC2NC(=O)NCc1ncnn1C. The summed E-state index contributed by atoms with van der Waals surface area (Å²) in [5.41, 5.74) is 3.34. The van der Waals surface area contributed by atoms with Gasteiger partial charge in [-0.25, -0.2) is 9.78 Å². The fourth-order valence-corrected chi connectivity index (χ4v) is 2.50. The smallest absolute Gasteiger partial charge is 0.315 e. The zero-order chi connectivity index (χ0) is 15.7. The van der Waals surface area contributed by atoms with Crippen LogP contribution in [-0.4, -0.2) is 27.4 Å². The highest BCUT2D eigenvalue weighted by Gasteiger charge is 2.27. The van der Waals surface area contributed by atoms with Crippen LogP contribution in [0.4, 0.5) is 4.79 Å². The van der Waals surface area contributed by atoms with Gasteiger partial charge in [-0.2, -0.15) is 5.10 Å². The molecule has 1 aromatic heterocycles. The summed E-state index contributed by atoms with van der Waals surface area (Å²) in [5, 5.41) is 9.67. The molecule has 1 atom stereocenters. The number of nitrogens with zero attached hydrogens (tertiary/aromatic N) is 3. The van der Waals surface area contributed by atoms with E-state index in [0.717, 1.165) is 16.9 Å². The van der Waals surface area contributed by atoms with E-state index >= 15 is 0 Å². The van der Waals surface area contributed by atoms with Crippen LogP contribution in [0.3, 0.4) is 0 Å². The minimum absolute atomic E-state index is 0.131. The average molecular weight is 301 g/mol. The molecule has 1 aliphatic heterocycles. The molecule has 1 aromatic carbocycles. The Morgan fingerprint density at radius 2 is 2.27 bits per heavy atom. The zero-order valence-corrected chi connectivity index (χ0v) is 12.9. The van der Waals surface area contributed by atoms with Crippen molar-refractivity contribution in [1.29, 1.82) is 0 Å². The van der Waals surface area contributed by atoms with E-state index in [1.165, 1.54) is 11.9 Å². The fraction of sp³-hybridized carbons (Fsp3) is 0.400. The standard InChI is InChI=1S/C15H19N5O2/c1-9-4-5-11-12(7-22-14(11)10(9)2)19-15(21)16-6-13-17-8-18-20(13)3/h4-5,8,12H,6-7H2,1-3H3,(H2,16,19,21). The molecule has 3 rings (SSSR count). The molecule has 2 aromatic rings. The zero-order valence-electron chi connectivity index (χ0n) is 12.9. The third-order valence-electron chi connectivity index (χ3n) is 3.99. The molecule has 2 N–H and O–H groups in total. The molecule has 0 saturated heterocycles. The Hall–Kier alpha value is -2.57. The largest absolute Gasteiger partial charge is 0.490 e. The number of amides is 2. The summed E-state index contributed by atoms with van der Waals surface area (Å²) in [6, 6.07) is 3.68. The van der Waals surface area contributed by atoms with Crippen molar-refractivity contribution in [3.8, 4) is 5.75 Å². The van der Waals surface area contributed by atoms with Gasteiger partial charge in [0.15, 0.2) is 0 Å². The number of hydrogen-bond acceptors (Lipinski definition) is 4. The first-order valence-electron chi connectivity index (χ1n) is 7.16. The van der Waals surface area contributed by atoms with Crippen LogP contribution in [0.15, 0.2) is 18.5 Å². The third-order valence-corrected chi connectivity index (χ3v) is 3.99. The lowest BCUT2D eigenvalue weighted by Crippen LogP contribution is -2.38. The Morgan fingerprint density at radius 3 is 3.00 bits per heavy atom. The van der Waals surface area contributed by atoms with Crippen LogP contribution in [0.5, 0.6) is 5.75 Å².